The predicted octanol–water partition coefficient (Wildman–Crippen LogP) is 9.61. The largest absolute Gasteiger partial charge is 0.143 e. The fourth-order valence-electron chi connectivity index (χ4n) is 3.06. The average molecular weight is 459 g/mol. The van der Waals surface area contributed by atoms with Gasteiger partial charge in [-0.1, -0.05) is 48.6 Å². The van der Waals surface area contributed by atoms with E-state index >= 15 is 0 Å². The molecule has 1 aromatic carbocycles. The van der Waals surface area contributed by atoms with Crippen molar-refractivity contribution >= 4 is 69.7 Å². The molecule has 4 aromatic heterocycles. The predicted molar refractivity (Wildman–Crippen MR) is 140 cm³/mol. The second kappa shape index (κ2) is 9.11. The molecule has 0 bridgehead atoms. The van der Waals surface area contributed by atoms with E-state index in [1.165, 1.54) is 40.4 Å². The number of thiophene rings is 4. The summed E-state index contributed by atoms with van der Waals surface area (Å²) in [5.74, 6) is 0. The van der Waals surface area contributed by atoms with Gasteiger partial charge in [-0.15, -0.1) is 45.3 Å². The van der Waals surface area contributed by atoms with Crippen LogP contribution in [0.1, 0.15) is 20.9 Å². The van der Waals surface area contributed by atoms with Gasteiger partial charge < -0.3 is 0 Å². The normalized spacial score (nSPS) is 11.7. The lowest BCUT2D eigenvalue weighted by atomic mass is 10.1. The second-order valence-electron chi connectivity index (χ2n) is 6.69. The topological polar surface area (TPSA) is 0 Å². The molecule has 5 aromatic rings. The average Bonchev–Trinajstić information content (AvgIpc) is 3.57. The molecule has 0 aliphatic rings. The number of hydrogen-bond donors (Lipinski definition) is 0. The summed E-state index contributed by atoms with van der Waals surface area (Å²) in [5, 5.41) is 4.25. The molecule has 4 heteroatoms. The van der Waals surface area contributed by atoms with Crippen LogP contribution >= 0.6 is 45.3 Å². The molecule has 0 saturated carbocycles. The van der Waals surface area contributed by atoms with E-state index < -0.39 is 0 Å². The molecule has 5 rings (SSSR count). The molecular formula is C26H18S4. The van der Waals surface area contributed by atoms with Gasteiger partial charge in [-0.2, -0.15) is 0 Å². The lowest BCUT2D eigenvalue weighted by molar-refractivity contribution is 1.63. The van der Waals surface area contributed by atoms with Crippen LogP contribution in [0.5, 0.6) is 0 Å². The number of rotatable bonds is 6. The zero-order valence-electron chi connectivity index (χ0n) is 16.0. The minimum Gasteiger partial charge on any atom is -0.143 e. The first-order valence-corrected chi connectivity index (χ1v) is 13.0. The fourth-order valence-corrected chi connectivity index (χ4v) is 6.55. The minimum atomic E-state index is 1.22. The highest BCUT2D eigenvalue weighted by molar-refractivity contribution is 7.22. The maximum atomic E-state index is 2.21. The standard InChI is InChI=1S/C26H18S4/c1-3-23(27-17-1)25-15-13-21(29-25)11-9-19-5-7-20(8-6-19)10-12-22-14-16-26(30-22)24-4-2-18-28-24/h1-18H. The van der Waals surface area contributed by atoms with Gasteiger partial charge in [-0.3, -0.25) is 0 Å². The lowest BCUT2D eigenvalue weighted by Gasteiger charge is -1.96. The van der Waals surface area contributed by atoms with Gasteiger partial charge in [0, 0.05) is 29.3 Å². The molecule has 0 amide bonds. The third kappa shape index (κ3) is 4.63. The maximum absolute atomic E-state index is 2.21. The maximum Gasteiger partial charge on any atom is 0.0448 e. The third-order valence-corrected chi connectivity index (χ3v) is 8.83. The van der Waals surface area contributed by atoms with Crippen molar-refractivity contribution in [3.05, 3.63) is 104 Å². The van der Waals surface area contributed by atoms with E-state index in [1.807, 2.05) is 22.7 Å². The van der Waals surface area contributed by atoms with Crippen LogP contribution in [0.4, 0.5) is 0 Å². The van der Waals surface area contributed by atoms with Gasteiger partial charge in [-0.25, -0.2) is 0 Å². The van der Waals surface area contributed by atoms with E-state index in [1.54, 1.807) is 22.7 Å². The molecule has 30 heavy (non-hydrogen) atoms. The van der Waals surface area contributed by atoms with Gasteiger partial charge in [0.15, 0.2) is 0 Å². The molecule has 0 unspecified atom stereocenters. The SMILES string of the molecule is C(=Cc1ccc(-c2cccs2)s1)c1ccc(C=Cc2ccc(-c3cccs3)s2)cc1. The Labute approximate surface area is 192 Å². The summed E-state index contributed by atoms with van der Waals surface area (Å²) in [6, 6.07) is 26.1. The Hall–Kier alpha value is -2.50. The zero-order chi connectivity index (χ0) is 20.2. The van der Waals surface area contributed by atoms with Gasteiger partial charge >= 0.3 is 0 Å². The van der Waals surface area contributed by atoms with E-state index in [9.17, 15) is 0 Å². The smallest absolute Gasteiger partial charge is 0.0448 e. The molecule has 0 N–H and O–H groups in total. The van der Waals surface area contributed by atoms with E-state index in [0.717, 1.165) is 0 Å². The Morgan fingerprint density at radius 3 is 1.30 bits per heavy atom. The van der Waals surface area contributed by atoms with Crippen molar-refractivity contribution in [3.8, 4) is 19.5 Å². The van der Waals surface area contributed by atoms with E-state index in [4.69, 9.17) is 0 Å². The summed E-state index contributed by atoms with van der Waals surface area (Å²) < 4.78 is 0. The molecule has 0 saturated heterocycles. The Morgan fingerprint density at radius 1 is 0.433 bits per heavy atom. The first kappa shape index (κ1) is 19.5. The number of hydrogen-bond acceptors (Lipinski definition) is 4. The Morgan fingerprint density at radius 2 is 0.900 bits per heavy atom. The van der Waals surface area contributed by atoms with Crippen LogP contribution in [0.2, 0.25) is 0 Å². The highest BCUT2D eigenvalue weighted by atomic mass is 32.1. The van der Waals surface area contributed by atoms with E-state index in [0.29, 0.717) is 0 Å². The Bertz CT molecular complexity index is 1160. The molecule has 0 fully saturated rings. The Balaban J connectivity index is 1.23. The molecule has 4 heterocycles. The van der Waals surface area contributed by atoms with Gasteiger partial charge in [0.25, 0.3) is 0 Å². The lowest BCUT2D eigenvalue weighted by Crippen LogP contribution is -1.74. The molecule has 0 aliphatic heterocycles. The summed E-state index contributed by atoms with van der Waals surface area (Å²) in [4.78, 5) is 7.90. The zero-order valence-corrected chi connectivity index (χ0v) is 19.3. The van der Waals surface area contributed by atoms with E-state index in [2.05, 4.69) is 108 Å². The van der Waals surface area contributed by atoms with Crippen molar-refractivity contribution in [2.24, 2.45) is 0 Å². The van der Waals surface area contributed by atoms with Crippen LogP contribution in [0.15, 0.2) is 83.6 Å². The van der Waals surface area contributed by atoms with Crippen molar-refractivity contribution in [1.29, 1.82) is 0 Å². The molecular weight excluding hydrogens is 441 g/mol. The highest BCUT2D eigenvalue weighted by Crippen LogP contribution is 2.33. The van der Waals surface area contributed by atoms with Crippen molar-refractivity contribution in [1.82, 2.24) is 0 Å². The summed E-state index contributed by atoms with van der Waals surface area (Å²) >= 11 is 7.25. The quantitative estimate of drug-likeness (QED) is 0.237. The Kier molecular flexibility index (Phi) is 5.91. The van der Waals surface area contributed by atoms with Crippen LogP contribution in [0.25, 0.3) is 43.8 Å². The van der Waals surface area contributed by atoms with Crippen molar-refractivity contribution < 1.29 is 0 Å². The van der Waals surface area contributed by atoms with Gasteiger partial charge in [0.2, 0.25) is 0 Å². The van der Waals surface area contributed by atoms with Crippen LogP contribution in [-0.2, 0) is 0 Å². The fraction of sp³-hybridized carbons (Fsp3) is 0. The van der Waals surface area contributed by atoms with Crippen molar-refractivity contribution in [2.75, 3.05) is 0 Å². The van der Waals surface area contributed by atoms with Crippen molar-refractivity contribution in [3.63, 3.8) is 0 Å². The molecule has 0 atom stereocenters. The second-order valence-corrected chi connectivity index (χ2v) is 10.8. The van der Waals surface area contributed by atoms with Gasteiger partial charge in [-0.05, 0) is 70.4 Å². The van der Waals surface area contributed by atoms with Crippen molar-refractivity contribution in [2.45, 2.75) is 0 Å². The van der Waals surface area contributed by atoms with E-state index in [-0.39, 0.29) is 0 Å². The highest BCUT2D eigenvalue weighted by Gasteiger charge is 2.02. The molecule has 0 spiro atoms. The molecule has 146 valence electrons. The monoisotopic (exact) mass is 458 g/mol. The summed E-state index contributed by atoms with van der Waals surface area (Å²) in [6.45, 7) is 0. The van der Waals surface area contributed by atoms with Gasteiger partial charge in [0.1, 0.15) is 0 Å². The molecule has 0 nitrogen and oxygen atoms in total. The number of benzene rings is 1. The van der Waals surface area contributed by atoms with Crippen LogP contribution in [0, 0.1) is 0 Å². The third-order valence-electron chi connectivity index (χ3n) is 4.60. The summed E-state index contributed by atoms with van der Waals surface area (Å²) in [5.41, 5.74) is 2.43. The molecule has 0 radical (unpaired) electrons. The van der Waals surface area contributed by atoms with Crippen LogP contribution in [0.3, 0.4) is 0 Å². The summed E-state index contributed by atoms with van der Waals surface area (Å²) in [7, 11) is 0. The van der Waals surface area contributed by atoms with Gasteiger partial charge in [0.05, 0.1) is 0 Å². The molecule has 0 aliphatic carbocycles. The van der Waals surface area contributed by atoms with Crippen LogP contribution in [-0.4, -0.2) is 0 Å². The first-order chi connectivity index (χ1) is 14.8. The minimum absolute atomic E-state index is 1.22. The van der Waals surface area contributed by atoms with Crippen LogP contribution < -0.4 is 0 Å². The summed E-state index contributed by atoms with van der Waals surface area (Å²) in [6.07, 6.45) is 8.77. The first-order valence-electron chi connectivity index (χ1n) is 9.57.